The predicted molar refractivity (Wildman–Crippen MR) is 118 cm³/mol. The number of hydrogen-bond acceptors (Lipinski definition) is 7. The maximum absolute atomic E-state index is 13.8. The van der Waals surface area contributed by atoms with Gasteiger partial charge in [-0.25, -0.2) is 9.97 Å². The van der Waals surface area contributed by atoms with E-state index in [-0.39, 0.29) is 43.7 Å². The van der Waals surface area contributed by atoms with E-state index in [0.717, 1.165) is 39.1 Å². The van der Waals surface area contributed by atoms with E-state index in [0.29, 0.717) is 28.2 Å². The van der Waals surface area contributed by atoms with E-state index in [9.17, 15) is 18.4 Å². The Kier molecular flexibility index (Phi) is 7.44. The van der Waals surface area contributed by atoms with Crippen molar-refractivity contribution in [2.75, 3.05) is 45.9 Å². The molecular weight excluding hydrogens is 432 g/mol. The van der Waals surface area contributed by atoms with E-state index >= 15 is 0 Å². The highest BCUT2D eigenvalue weighted by molar-refractivity contribution is 6.06. The summed E-state index contributed by atoms with van der Waals surface area (Å²) in [5.74, 6) is -0.480. The van der Waals surface area contributed by atoms with E-state index in [2.05, 4.69) is 20.2 Å². The van der Waals surface area contributed by atoms with E-state index in [1.807, 2.05) is 0 Å². The number of likely N-dealkylation sites (tertiary alicyclic amines) is 1. The van der Waals surface area contributed by atoms with Crippen LogP contribution in [-0.2, 0) is 4.79 Å². The Morgan fingerprint density at radius 3 is 2.70 bits per heavy atom. The summed E-state index contributed by atoms with van der Waals surface area (Å²) in [5.41, 5.74) is 0.756. The molecule has 2 aromatic rings. The summed E-state index contributed by atoms with van der Waals surface area (Å²) >= 11 is 0. The number of ketones is 1. The molecule has 3 heterocycles. The molecule has 1 aromatic carbocycles. The van der Waals surface area contributed by atoms with Crippen molar-refractivity contribution in [3.05, 3.63) is 30.2 Å². The number of carbonyl (C=O) groups is 2. The summed E-state index contributed by atoms with van der Waals surface area (Å²) in [7, 11) is 0. The zero-order chi connectivity index (χ0) is 23.3. The predicted octanol–water partition coefficient (Wildman–Crippen LogP) is 2.48. The van der Waals surface area contributed by atoms with Crippen LogP contribution in [-0.4, -0.2) is 83.4 Å². The summed E-state index contributed by atoms with van der Waals surface area (Å²) in [5, 5.41) is 3.86. The molecule has 4 rings (SSSR count). The third-order valence-electron chi connectivity index (χ3n) is 6.09. The van der Waals surface area contributed by atoms with Gasteiger partial charge in [0.1, 0.15) is 17.8 Å². The first kappa shape index (κ1) is 23.4. The van der Waals surface area contributed by atoms with Gasteiger partial charge < -0.3 is 15.0 Å². The van der Waals surface area contributed by atoms with E-state index < -0.39 is 12.0 Å². The number of Topliss-reactive ketones (excluding diaryl/α,β-unsaturated/α-hetero) is 1. The fourth-order valence-electron chi connectivity index (χ4n) is 4.29. The average Bonchev–Trinajstić information content (AvgIpc) is 3.19. The van der Waals surface area contributed by atoms with Gasteiger partial charge in [0.25, 0.3) is 0 Å². The molecule has 1 N–H and O–H groups in total. The number of piperazine rings is 1. The lowest BCUT2D eigenvalue weighted by atomic mass is 10.1. The second kappa shape index (κ2) is 10.5. The summed E-state index contributed by atoms with van der Waals surface area (Å²) < 4.78 is 33.4. The Hall–Kier alpha value is -2.72. The summed E-state index contributed by atoms with van der Waals surface area (Å²) in [6, 6.07) is 2.16. The molecule has 2 saturated heterocycles. The van der Waals surface area contributed by atoms with Crippen LogP contribution in [0.4, 0.5) is 8.78 Å². The maximum Gasteiger partial charge on any atom is 0.327 e. The molecule has 0 aliphatic carbocycles. The fraction of sp³-hybridized carbons (Fsp3) is 0.565. The summed E-state index contributed by atoms with van der Waals surface area (Å²) in [4.78, 5) is 36.3. The van der Waals surface area contributed by atoms with Crippen molar-refractivity contribution >= 4 is 22.6 Å². The largest absolute Gasteiger partial charge is 0.494 e. The molecule has 1 amide bonds. The lowest BCUT2D eigenvalue weighted by molar-refractivity contribution is -0.162. The number of carbonyl (C=O) groups excluding carboxylic acids is 2. The van der Waals surface area contributed by atoms with Gasteiger partial charge in [-0.1, -0.05) is 0 Å². The number of hydrogen-bond donors (Lipinski definition) is 1. The van der Waals surface area contributed by atoms with E-state index in [1.165, 1.54) is 6.33 Å². The van der Waals surface area contributed by atoms with Gasteiger partial charge in [0.2, 0.25) is 5.91 Å². The average molecular weight is 462 g/mol. The first-order chi connectivity index (χ1) is 15.9. The van der Waals surface area contributed by atoms with Crippen LogP contribution in [0, 0.1) is 0 Å². The van der Waals surface area contributed by atoms with Gasteiger partial charge in [-0.15, -0.1) is 0 Å². The number of ether oxygens (including phenoxy) is 1. The van der Waals surface area contributed by atoms with Gasteiger partial charge in [-0.3, -0.25) is 14.5 Å². The molecule has 2 fully saturated rings. The van der Waals surface area contributed by atoms with Gasteiger partial charge >= 0.3 is 6.05 Å². The third-order valence-corrected chi connectivity index (χ3v) is 6.09. The van der Waals surface area contributed by atoms with Crippen LogP contribution >= 0.6 is 0 Å². The zero-order valence-electron chi connectivity index (χ0n) is 18.6. The fourth-order valence-corrected chi connectivity index (χ4v) is 4.29. The van der Waals surface area contributed by atoms with Crippen molar-refractivity contribution in [2.45, 2.75) is 38.2 Å². The molecule has 0 unspecified atom stereocenters. The molecule has 0 bridgehead atoms. The number of rotatable bonds is 9. The molecule has 33 heavy (non-hydrogen) atoms. The van der Waals surface area contributed by atoms with E-state index in [4.69, 9.17) is 4.74 Å². The quantitative estimate of drug-likeness (QED) is 0.349. The maximum atomic E-state index is 13.8. The third kappa shape index (κ3) is 5.80. The van der Waals surface area contributed by atoms with Crippen LogP contribution in [0.3, 0.4) is 0 Å². The van der Waals surface area contributed by atoms with Crippen molar-refractivity contribution < 1.29 is 23.1 Å². The van der Waals surface area contributed by atoms with Crippen LogP contribution in [0.15, 0.2) is 24.5 Å². The minimum Gasteiger partial charge on any atom is -0.494 e. The van der Waals surface area contributed by atoms with Crippen LogP contribution in [0.5, 0.6) is 5.75 Å². The second-order valence-electron chi connectivity index (χ2n) is 8.43. The summed E-state index contributed by atoms with van der Waals surface area (Å²) in [6.07, 6.45) is 1.65. The molecule has 10 heteroatoms. The topological polar surface area (TPSA) is 87.7 Å². The van der Waals surface area contributed by atoms with Crippen molar-refractivity contribution in [1.29, 1.82) is 0 Å². The number of nitrogens with one attached hydrogen (secondary N) is 1. The highest BCUT2D eigenvalue weighted by Crippen LogP contribution is 2.32. The highest BCUT2D eigenvalue weighted by atomic mass is 19.3. The number of amides is 1. The van der Waals surface area contributed by atoms with Gasteiger partial charge in [-0.05, 0) is 31.0 Å². The number of benzene rings is 1. The Bertz CT molecular complexity index is 997. The zero-order valence-corrected chi connectivity index (χ0v) is 18.6. The van der Waals surface area contributed by atoms with Crippen LogP contribution < -0.4 is 10.1 Å². The molecule has 1 aromatic heterocycles. The molecule has 0 spiro atoms. The molecule has 178 valence electrons. The number of nitrogens with zero attached hydrogens (tertiary/aromatic N) is 4. The molecular formula is C23H29F2N5O3. The Morgan fingerprint density at radius 2 is 1.94 bits per heavy atom. The van der Waals surface area contributed by atoms with Crippen molar-refractivity contribution in [2.24, 2.45) is 0 Å². The molecule has 2 aliphatic rings. The first-order valence-electron chi connectivity index (χ1n) is 11.5. The molecule has 0 radical (unpaired) electrons. The Morgan fingerprint density at radius 1 is 1.12 bits per heavy atom. The molecule has 0 atom stereocenters. The first-order valence-corrected chi connectivity index (χ1v) is 11.5. The Balaban J connectivity index is 1.35. The SMILES string of the molecule is O=C(CCC(=O)N1CCCC1(F)F)c1ncnc2ccc(OCCCN3CCNCC3)cc12. The van der Waals surface area contributed by atoms with Gasteiger partial charge in [-0.2, -0.15) is 8.78 Å². The van der Waals surface area contributed by atoms with Gasteiger partial charge in [0.15, 0.2) is 5.78 Å². The highest BCUT2D eigenvalue weighted by Gasteiger charge is 2.44. The normalized spacial score (nSPS) is 18.5. The number of halogens is 2. The van der Waals surface area contributed by atoms with Crippen LogP contribution in [0.2, 0.25) is 0 Å². The number of alkyl halides is 2. The van der Waals surface area contributed by atoms with Crippen LogP contribution in [0.25, 0.3) is 10.9 Å². The second-order valence-corrected chi connectivity index (χ2v) is 8.43. The lowest BCUT2D eigenvalue weighted by Gasteiger charge is -2.26. The molecule has 2 aliphatic heterocycles. The molecule has 0 saturated carbocycles. The number of fused-ring (bicyclic) bond motifs is 1. The standard InChI is InChI=1S/C23H29F2N5O3/c24-23(25)7-1-11-30(23)21(32)6-5-20(31)22-18-15-17(3-4-19(18)27-16-28-22)33-14-2-10-29-12-8-26-9-13-29/h3-4,15-16,26H,1-2,5-14H2. The van der Waals surface area contributed by atoms with E-state index in [1.54, 1.807) is 18.2 Å². The minimum absolute atomic E-state index is 0.0197. The Labute approximate surface area is 191 Å². The monoisotopic (exact) mass is 461 g/mol. The van der Waals surface area contributed by atoms with Crippen molar-refractivity contribution in [3.8, 4) is 5.75 Å². The van der Waals surface area contributed by atoms with Crippen molar-refractivity contribution in [3.63, 3.8) is 0 Å². The van der Waals surface area contributed by atoms with Crippen LogP contribution in [0.1, 0.15) is 42.6 Å². The number of aromatic nitrogens is 2. The molecule has 8 nitrogen and oxygen atoms in total. The lowest BCUT2D eigenvalue weighted by Crippen LogP contribution is -2.43. The smallest absolute Gasteiger partial charge is 0.327 e. The van der Waals surface area contributed by atoms with Gasteiger partial charge in [0.05, 0.1) is 12.1 Å². The van der Waals surface area contributed by atoms with Gasteiger partial charge in [0, 0.05) is 63.9 Å². The minimum atomic E-state index is -3.13. The summed E-state index contributed by atoms with van der Waals surface area (Å²) in [6.45, 7) is 5.62. The van der Waals surface area contributed by atoms with Crippen molar-refractivity contribution in [1.82, 2.24) is 25.1 Å².